The SMILES string of the molecule is COC(=O)CN=CC(C)(C)C(=O)c1ccc(OC)cc1. The van der Waals surface area contributed by atoms with Crippen molar-refractivity contribution in [2.45, 2.75) is 13.8 Å². The molecule has 0 unspecified atom stereocenters. The second kappa shape index (κ2) is 6.84. The van der Waals surface area contributed by atoms with Crippen molar-refractivity contribution in [2.75, 3.05) is 20.8 Å². The number of hydrogen-bond donors (Lipinski definition) is 0. The number of aliphatic imine (C=N–C) groups is 1. The second-order valence-electron chi connectivity index (χ2n) is 4.83. The molecule has 5 heteroatoms. The summed E-state index contributed by atoms with van der Waals surface area (Å²) in [6.45, 7) is 3.41. The van der Waals surface area contributed by atoms with Crippen LogP contribution in [0.4, 0.5) is 0 Å². The Morgan fingerprint density at radius 2 is 1.80 bits per heavy atom. The van der Waals surface area contributed by atoms with Gasteiger partial charge in [-0.2, -0.15) is 0 Å². The summed E-state index contributed by atoms with van der Waals surface area (Å²) in [6, 6.07) is 6.87. The lowest BCUT2D eigenvalue weighted by atomic mass is 9.85. The number of hydrogen-bond acceptors (Lipinski definition) is 5. The van der Waals surface area contributed by atoms with Gasteiger partial charge in [0, 0.05) is 11.8 Å². The van der Waals surface area contributed by atoms with Crippen LogP contribution in [0, 0.1) is 5.41 Å². The van der Waals surface area contributed by atoms with Crippen LogP contribution >= 0.6 is 0 Å². The topological polar surface area (TPSA) is 65.0 Å². The summed E-state index contributed by atoms with van der Waals surface area (Å²) < 4.78 is 9.53. The van der Waals surface area contributed by atoms with E-state index < -0.39 is 11.4 Å². The normalized spacial score (nSPS) is 11.4. The van der Waals surface area contributed by atoms with E-state index in [1.165, 1.54) is 13.3 Å². The zero-order valence-electron chi connectivity index (χ0n) is 12.2. The van der Waals surface area contributed by atoms with Gasteiger partial charge in [0.2, 0.25) is 0 Å². The summed E-state index contributed by atoms with van der Waals surface area (Å²) in [6.07, 6.45) is 1.48. The minimum atomic E-state index is -0.789. The van der Waals surface area contributed by atoms with E-state index >= 15 is 0 Å². The van der Waals surface area contributed by atoms with E-state index in [1.807, 2.05) is 0 Å². The maximum atomic E-state index is 12.4. The molecule has 0 spiro atoms. The number of benzene rings is 1. The monoisotopic (exact) mass is 277 g/mol. The highest BCUT2D eigenvalue weighted by molar-refractivity contribution is 6.09. The quantitative estimate of drug-likeness (QED) is 0.454. The molecule has 1 aromatic rings. The van der Waals surface area contributed by atoms with Crippen LogP contribution in [0.5, 0.6) is 5.75 Å². The molecule has 108 valence electrons. The van der Waals surface area contributed by atoms with Gasteiger partial charge in [-0.05, 0) is 38.1 Å². The first kappa shape index (κ1) is 15.9. The van der Waals surface area contributed by atoms with Crippen molar-refractivity contribution in [1.82, 2.24) is 0 Å². The van der Waals surface area contributed by atoms with Crippen molar-refractivity contribution in [2.24, 2.45) is 10.4 Å². The smallest absolute Gasteiger partial charge is 0.327 e. The van der Waals surface area contributed by atoms with Crippen LogP contribution in [0.3, 0.4) is 0 Å². The van der Waals surface area contributed by atoms with E-state index in [9.17, 15) is 9.59 Å². The fraction of sp³-hybridized carbons (Fsp3) is 0.400. The predicted octanol–water partition coefficient (Wildman–Crippen LogP) is 2.15. The first-order valence-electron chi connectivity index (χ1n) is 6.17. The van der Waals surface area contributed by atoms with E-state index in [0.717, 1.165) is 0 Å². The number of esters is 1. The molecule has 0 atom stereocenters. The van der Waals surface area contributed by atoms with Gasteiger partial charge in [0.1, 0.15) is 12.3 Å². The van der Waals surface area contributed by atoms with E-state index in [2.05, 4.69) is 9.73 Å². The van der Waals surface area contributed by atoms with Gasteiger partial charge in [-0.15, -0.1) is 0 Å². The molecule has 0 heterocycles. The molecular weight excluding hydrogens is 258 g/mol. The Hall–Kier alpha value is -2.17. The van der Waals surface area contributed by atoms with Gasteiger partial charge in [0.25, 0.3) is 0 Å². The highest BCUT2D eigenvalue weighted by Gasteiger charge is 2.26. The highest BCUT2D eigenvalue weighted by atomic mass is 16.5. The molecule has 0 aliphatic heterocycles. The number of methoxy groups -OCH3 is 2. The van der Waals surface area contributed by atoms with Crippen LogP contribution < -0.4 is 4.74 Å². The van der Waals surface area contributed by atoms with E-state index in [0.29, 0.717) is 11.3 Å². The minimum absolute atomic E-state index is 0.0752. The van der Waals surface area contributed by atoms with Crippen LogP contribution in [0.25, 0.3) is 0 Å². The lowest BCUT2D eigenvalue weighted by Crippen LogP contribution is -2.26. The number of Topliss-reactive ketones (excluding diaryl/α,β-unsaturated/α-hetero) is 1. The highest BCUT2D eigenvalue weighted by Crippen LogP contribution is 2.21. The molecule has 20 heavy (non-hydrogen) atoms. The zero-order valence-corrected chi connectivity index (χ0v) is 12.2. The maximum Gasteiger partial charge on any atom is 0.327 e. The molecule has 5 nitrogen and oxygen atoms in total. The maximum absolute atomic E-state index is 12.4. The van der Waals surface area contributed by atoms with Crippen LogP contribution in [-0.4, -0.2) is 38.7 Å². The number of ether oxygens (including phenoxy) is 2. The van der Waals surface area contributed by atoms with Gasteiger partial charge in [-0.25, -0.2) is 0 Å². The average Bonchev–Trinajstić information content (AvgIpc) is 2.46. The molecule has 0 aliphatic rings. The Bertz CT molecular complexity index is 503. The van der Waals surface area contributed by atoms with Crippen molar-refractivity contribution in [1.29, 1.82) is 0 Å². The minimum Gasteiger partial charge on any atom is -0.497 e. The number of nitrogens with zero attached hydrogens (tertiary/aromatic N) is 1. The summed E-state index contributed by atoms with van der Waals surface area (Å²) in [7, 11) is 2.87. The summed E-state index contributed by atoms with van der Waals surface area (Å²) in [5.74, 6) is 0.182. The molecule has 0 bridgehead atoms. The van der Waals surface area contributed by atoms with Gasteiger partial charge in [-0.1, -0.05) is 0 Å². The average molecular weight is 277 g/mol. The van der Waals surface area contributed by atoms with Crippen molar-refractivity contribution in [3.8, 4) is 5.75 Å². The second-order valence-corrected chi connectivity index (χ2v) is 4.83. The Morgan fingerprint density at radius 1 is 1.20 bits per heavy atom. The van der Waals surface area contributed by atoms with Crippen LogP contribution in [-0.2, 0) is 9.53 Å². The summed E-state index contributed by atoms with van der Waals surface area (Å²) in [5.41, 5.74) is -0.219. The van der Waals surface area contributed by atoms with E-state index in [4.69, 9.17) is 4.74 Å². The van der Waals surface area contributed by atoms with Crippen LogP contribution in [0.2, 0.25) is 0 Å². The third-order valence-electron chi connectivity index (χ3n) is 2.80. The molecule has 0 aromatic heterocycles. The van der Waals surface area contributed by atoms with Gasteiger partial charge < -0.3 is 9.47 Å². The van der Waals surface area contributed by atoms with Gasteiger partial charge in [0.05, 0.1) is 19.6 Å². The standard InChI is InChI=1S/C15H19NO4/c1-15(2,10-16-9-13(17)20-4)14(18)11-5-7-12(19-3)8-6-11/h5-8,10H,9H2,1-4H3. The molecular formula is C15H19NO4. The molecule has 0 saturated carbocycles. The first-order valence-corrected chi connectivity index (χ1v) is 6.17. The molecule has 1 rings (SSSR count). The molecule has 0 aliphatic carbocycles. The van der Waals surface area contributed by atoms with Crippen LogP contribution in [0.15, 0.2) is 29.3 Å². The Balaban J connectivity index is 2.79. The molecule has 0 saturated heterocycles. The molecule has 0 radical (unpaired) electrons. The van der Waals surface area contributed by atoms with Crippen molar-refractivity contribution in [3.05, 3.63) is 29.8 Å². The molecule has 0 N–H and O–H groups in total. The summed E-state index contributed by atoms with van der Waals surface area (Å²) in [5, 5.41) is 0. The first-order chi connectivity index (χ1) is 9.40. The fourth-order valence-corrected chi connectivity index (χ4v) is 1.59. The third-order valence-corrected chi connectivity index (χ3v) is 2.80. The third kappa shape index (κ3) is 4.19. The van der Waals surface area contributed by atoms with Crippen molar-refractivity contribution in [3.63, 3.8) is 0 Å². The van der Waals surface area contributed by atoms with Gasteiger partial charge in [0.15, 0.2) is 5.78 Å². The largest absolute Gasteiger partial charge is 0.497 e. The van der Waals surface area contributed by atoms with Gasteiger partial charge >= 0.3 is 5.97 Å². The summed E-state index contributed by atoms with van der Waals surface area (Å²) in [4.78, 5) is 27.3. The van der Waals surface area contributed by atoms with Crippen molar-refractivity contribution >= 4 is 18.0 Å². The number of ketones is 1. The summed E-state index contributed by atoms with van der Waals surface area (Å²) >= 11 is 0. The van der Waals surface area contributed by atoms with E-state index in [-0.39, 0.29) is 12.3 Å². The Morgan fingerprint density at radius 3 is 2.30 bits per heavy atom. The molecule has 0 amide bonds. The van der Waals surface area contributed by atoms with Gasteiger partial charge in [-0.3, -0.25) is 14.6 Å². The van der Waals surface area contributed by atoms with Crippen molar-refractivity contribution < 1.29 is 19.1 Å². The lowest BCUT2D eigenvalue weighted by molar-refractivity contribution is -0.138. The van der Waals surface area contributed by atoms with E-state index in [1.54, 1.807) is 45.2 Å². The molecule has 0 fully saturated rings. The fourth-order valence-electron chi connectivity index (χ4n) is 1.59. The Kier molecular flexibility index (Phi) is 5.43. The zero-order chi connectivity index (χ0) is 15.2. The number of rotatable bonds is 6. The predicted molar refractivity (Wildman–Crippen MR) is 76.5 cm³/mol. The lowest BCUT2D eigenvalue weighted by Gasteiger charge is -2.17. The van der Waals surface area contributed by atoms with Crippen LogP contribution in [0.1, 0.15) is 24.2 Å². The molecule has 1 aromatic carbocycles. The number of carbonyl (C=O) groups is 2. The number of carbonyl (C=O) groups excluding carboxylic acids is 2. The Labute approximate surface area is 118 Å².